The smallest absolute Gasteiger partial charge is 0.251 e. The number of nitrogens with zero attached hydrogens (tertiary/aromatic N) is 5. The van der Waals surface area contributed by atoms with Crippen LogP contribution in [0.2, 0.25) is 0 Å². The van der Waals surface area contributed by atoms with Crippen molar-refractivity contribution in [2.45, 2.75) is 43.0 Å². The standard InChI is InChI=1S/C17H21FN6O4/c1-4-17(18)12(26)10(7-25)28-15(17)24-8-19-11-13(23(2)9-5-6-9)20-16(22-27-3)21-14(11)24/h1,8-10,12,15,25-26H,5-7H2,2-3H3,(H,20,21,22)/t10-,12-,15-,17-/m1/s1. The number of anilines is 2. The maximum Gasteiger partial charge on any atom is 0.251 e. The summed E-state index contributed by atoms with van der Waals surface area (Å²) in [5.74, 6) is 2.67. The van der Waals surface area contributed by atoms with Crippen LogP contribution in [0.5, 0.6) is 0 Å². The Morgan fingerprint density at radius 3 is 2.89 bits per heavy atom. The Labute approximate surface area is 160 Å². The first-order chi connectivity index (χ1) is 13.4. The minimum Gasteiger partial charge on any atom is -0.394 e. The molecular weight excluding hydrogens is 371 g/mol. The van der Waals surface area contributed by atoms with Crippen LogP contribution in [0.3, 0.4) is 0 Å². The fourth-order valence-electron chi connectivity index (χ4n) is 3.41. The van der Waals surface area contributed by atoms with Crippen molar-refractivity contribution in [2.75, 3.05) is 31.1 Å². The lowest BCUT2D eigenvalue weighted by Gasteiger charge is -2.24. The van der Waals surface area contributed by atoms with Gasteiger partial charge < -0.3 is 19.8 Å². The molecule has 2 fully saturated rings. The third-order valence-corrected chi connectivity index (χ3v) is 5.12. The molecule has 0 spiro atoms. The molecule has 2 aromatic rings. The number of nitrogens with one attached hydrogen (secondary N) is 1. The second kappa shape index (κ2) is 6.82. The number of aliphatic hydroxyl groups is 2. The number of rotatable bonds is 6. The molecule has 0 unspecified atom stereocenters. The summed E-state index contributed by atoms with van der Waals surface area (Å²) in [4.78, 5) is 20.0. The summed E-state index contributed by atoms with van der Waals surface area (Å²) in [6.07, 6.45) is 4.49. The van der Waals surface area contributed by atoms with E-state index in [2.05, 4.69) is 20.4 Å². The Kier molecular flexibility index (Phi) is 4.59. The Balaban J connectivity index is 1.85. The van der Waals surface area contributed by atoms with Crippen molar-refractivity contribution >= 4 is 22.9 Å². The van der Waals surface area contributed by atoms with Gasteiger partial charge in [-0.05, 0) is 12.8 Å². The van der Waals surface area contributed by atoms with Gasteiger partial charge in [0.2, 0.25) is 5.67 Å². The quantitative estimate of drug-likeness (QED) is 0.461. The SMILES string of the molecule is C#C[C@@]1(F)[C@H](O)[C@@H](CO)O[C@H]1n1cnc2c(N(C)C3CC3)nc(NOC)nc21. The van der Waals surface area contributed by atoms with Crippen molar-refractivity contribution in [1.29, 1.82) is 0 Å². The van der Waals surface area contributed by atoms with Gasteiger partial charge >= 0.3 is 0 Å². The lowest BCUT2D eigenvalue weighted by atomic mass is 9.97. The van der Waals surface area contributed by atoms with E-state index in [-0.39, 0.29) is 11.6 Å². The predicted octanol–water partition coefficient (Wildman–Crippen LogP) is -0.00970. The summed E-state index contributed by atoms with van der Waals surface area (Å²) < 4.78 is 22.2. The zero-order valence-electron chi connectivity index (χ0n) is 15.4. The monoisotopic (exact) mass is 392 g/mol. The minimum absolute atomic E-state index is 0.154. The van der Waals surface area contributed by atoms with Gasteiger partial charge in [-0.1, -0.05) is 5.92 Å². The summed E-state index contributed by atoms with van der Waals surface area (Å²) in [5.41, 5.74) is 0.691. The summed E-state index contributed by atoms with van der Waals surface area (Å²) in [6.45, 7) is -0.585. The van der Waals surface area contributed by atoms with E-state index < -0.39 is 30.7 Å². The van der Waals surface area contributed by atoms with Crippen LogP contribution in [0, 0.1) is 12.3 Å². The number of hydrogen-bond donors (Lipinski definition) is 3. The highest BCUT2D eigenvalue weighted by molar-refractivity contribution is 5.85. The first-order valence-corrected chi connectivity index (χ1v) is 8.82. The van der Waals surface area contributed by atoms with Gasteiger partial charge in [0, 0.05) is 13.1 Å². The highest BCUT2D eigenvalue weighted by Gasteiger charge is 2.57. The zero-order chi connectivity index (χ0) is 20.1. The number of hydrogen-bond acceptors (Lipinski definition) is 9. The van der Waals surface area contributed by atoms with E-state index in [4.69, 9.17) is 16.0 Å². The minimum atomic E-state index is -2.57. The van der Waals surface area contributed by atoms with Crippen LogP contribution in [0.15, 0.2) is 6.33 Å². The van der Waals surface area contributed by atoms with E-state index in [9.17, 15) is 10.2 Å². The van der Waals surface area contributed by atoms with Crippen molar-refractivity contribution in [3.63, 3.8) is 0 Å². The Morgan fingerprint density at radius 2 is 2.29 bits per heavy atom. The molecule has 1 saturated carbocycles. The van der Waals surface area contributed by atoms with E-state index in [1.165, 1.54) is 18.0 Å². The average Bonchev–Trinajstić information content (AvgIpc) is 3.42. The Bertz CT molecular complexity index is 928. The fourth-order valence-corrected chi connectivity index (χ4v) is 3.41. The molecule has 10 nitrogen and oxygen atoms in total. The molecule has 3 N–H and O–H groups in total. The largest absolute Gasteiger partial charge is 0.394 e. The summed E-state index contributed by atoms with van der Waals surface area (Å²) in [5, 5.41) is 19.6. The number of ether oxygens (including phenoxy) is 1. The van der Waals surface area contributed by atoms with Crippen LogP contribution in [0.25, 0.3) is 11.2 Å². The van der Waals surface area contributed by atoms with Crippen LogP contribution in [-0.4, -0.2) is 74.4 Å². The molecule has 150 valence electrons. The maximum atomic E-state index is 15.4. The molecule has 2 aliphatic rings. The molecule has 4 atom stereocenters. The molecule has 11 heteroatoms. The molecule has 1 aliphatic carbocycles. The molecule has 0 aromatic carbocycles. The number of halogens is 1. The molecule has 1 aliphatic heterocycles. The normalized spacial score (nSPS) is 29.8. The van der Waals surface area contributed by atoms with Gasteiger partial charge in [-0.3, -0.25) is 9.40 Å². The van der Waals surface area contributed by atoms with Crippen LogP contribution in [0.1, 0.15) is 19.1 Å². The highest BCUT2D eigenvalue weighted by atomic mass is 19.1. The maximum absolute atomic E-state index is 15.4. The Hall–Kier alpha value is -2.52. The molecule has 1 saturated heterocycles. The number of alkyl halides is 1. The number of fused-ring (bicyclic) bond motifs is 1. The van der Waals surface area contributed by atoms with Gasteiger partial charge in [0.25, 0.3) is 5.95 Å². The molecule has 3 heterocycles. The van der Waals surface area contributed by atoms with Gasteiger partial charge in [0.15, 0.2) is 23.2 Å². The van der Waals surface area contributed by atoms with Gasteiger partial charge in [-0.25, -0.2) is 14.9 Å². The van der Waals surface area contributed by atoms with E-state index in [0.29, 0.717) is 17.4 Å². The van der Waals surface area contributed by atoms with Crippen LogP contribution in [-0.2, 0) is 9.57 Å². The van der Waals surface area contributed by atoms with Crippen molar-refractivity contribution in [3.05, 3.63) is 6.33 Å². The van der Waals surface area contributed by atoms with Crippen molar-refractivity contribution in [1.82, 2.24) is 19.5 Å². The second-order valence-corrected chi connectivity index (χ2v) is 6.91. The summed E-state index contributed by atoms with van der Waals surface area (Å²) in [6, 6.07) is 0.341. The first kappa shape index (κ1) is 18.8. The third-order valence-electron chi connectivity index (χ3n) is 5.12. The summed E-state index contributed by atoms with van der Waals surface area (Å²) in [7, 11) is 3.32. The number of aromatic nitrogens is 4. The van der Waals surface area contributed by atoms with E-state index in [0.717, 1.165) is 12.8 Å². The zero-order valence-corrected chi connectivity index (χ0v) is 15.4. The molecule has 0 amide bonds. The molecule has 2 aromatic heterocycles. The average molecular weight is 392 g/mol. The van der Waals surface area contributed by atoms with Gasteiger partial charge in [-0.15, -0.1) is 6.42 Å². The van der Waals surface area contributed by atoms with Crippen LogP contribution in [0.4, 0.5) is 16.2 Å². The predicted molar refractivity (Wildman–Crippen MR) is 97.1 cm³/mol. The Morgan fingerprint density at radius 1 is 1.54 bits per heavy atom. The summed E-state index contributed by atoms with van der Waals surface area (Å²) >= 11 is 0. The number of imidazole rings is 1. The second-order valence-electron chi connectivity index (χ2n) is 6.91. The van der Waals surface area contributed by atoms with Crippen molar-refractivity contribution < 1.29 is 24.2 Å². The van der Waals surface area contributed by atoms with Gasteiger partial charge in [0.05, 0.1) is 20.0 Å². The van der Waals surface area contributed by atoms with E-state index in [1.807, 2.05) is 17.9 Å². The number of aliphatic hydroxyl groups excluding tert-OH is 2. The third kappa shape index (κ3) is 2.77. The lowest BCUT2D eigenvalue weighted by molar-refractivity contribution is -0.0504. The van der Waals surface area contributed by atoms with Crippen molar-refractivity contribution in [2.24, 2.45) is 0 Å². The highest BCUT2D eigenvalue weighted by Crippen LogP contribution is 2.43. The first-order valence-electron chi connectivity index (χ1n) is 8.82. The van der Waals surface area contributed by atoms with Crippen LogP contribution >= 0.6 is 0 Å². The van der Waals surface area contributed by atoms with Gasteiger partial charge in [0.1, 0.15) is 12.2 Å². The lowest BCUT2D eigenvalue weighted by Crippen LogP contribution is -2.42. The number of terminal acetylenes is 1. The molecular formula is C17H21FN6O4. The van der Waals surface area contributed by atoms with Crippen molar-refractivity contribution in [3.8, 4) is 12.3 Å². The topological polar surface area (TPSA) is 118 Å². The fraction of sp³-hybridized carbons (Fsp3) is 0.588. The molecule has 4 rings (SSSR count). The molecule has 0 radical (unpaired) electrons. The van der Waals surface area contributed by atoms with Crippen LogP contribution < -0.4 is 10.4 Å². The molecule has 0 bridgehead atoms. The van der Waals surface area contributed by atoms with Gasteiger partial charge in [-0.2, -0.15) is 9.97 Å². The molecule has 28 heavy (non-hydrogen) atoms. The van der Waals surface area contributed by atoms with E-state index in [1.54, 1.807) is 0 Å². The van der Waals surface area contributed by atoms with E-state index >= 15 is 4.39 Å².